The molecule has 0 aromatic carbocycles. The smallest absolute Gasteiger partial charge is 0.274 e. The molecule has 2 aromatic rings. The molecule has 100 valence electrons. The highest BCUT2D eigenvalue weighted by molar-refractivity contribution is 5.92. The number of rotatable bonds is 5. The molecule has 1 N–H and O–H groups in total. The zero-order chi connectivity index (χ0) is 13.7. The molecular formula is C12H15N5O2. The zero-order valence-corrected chi connectivity index (χ0v) is 10.6. The van der Waals surface area contributed by atoms with Crippen molar-refractivity contribution in [2.24, 2.45) is 0 Å². The highest BCUT2D eigenvalue weighted by atomic mass is 16.2. The summed E-state index contributed by atoms with van der Waals surface area (Å²) in [7, 11) is 0. The number of carbonyl (C=O) groups is 1. The van der Waals surface area contributed by atoms with Crippen LogP contribution in [0.4, 0.5) is 0 Å². The van der Waals surface area contributed by atoms with Crippen LogP contribution < -0.4 is 5.56 Å². The van der Waals surface area contributed by atoms with Crippen LogP contribution in [0, 0.1) is 0 Å². The molecule has 0 spiro atoms. The summed E-state index contributed by atoms with van der Waals surface area (Å²) in [5, 5.41) is 10.1. The number of nitrogens with zero attached hydrogens (tertiary/aromatic N) is 4. The van der Waals surface area contributed by atoms with Crippen molar-refractivity contribution in [3.8, 4) is 0 Å². The van der Waals surface area contributed by atoms with Crippen molar-refractivity contribution in [1.82, 2.24) is 24.9 Å². The molecule has 0 bridgehead atoms. The molecule has 0 radical (unpaired) electrons. The summed E-state index contributed by atoms with van der Waals surface area (Å²) in [6, 6.07) is 4.56. The third-order valence-electron chi connectivity index (χ3n) is 2.73. The van der Waals surface area contributed by atoms with E-state index in [4.69, 9.17) is 0 Å². The van der Waals surface area contributed by atoms with Crippen molar-refractivity contribution in [1.29, 1.82) is 0 Å². The second-order valence-corrected chi connectivity index (χ2v) is 3.96. The van der Waals surface area contributed by atoms with E-state index in [-0.39, 0.29) is 17.2 Å². The predicted octanol–water partition coefficient (Wildman–Crippen LogP) is 0.129. The van der Waals surface area contributed by atoms with E-state index >= 15 is 0 Å². The quantitative estimate of drug-likeness (QED) is 0.829. The van der Waals surface area contributed by atoms with Gasteiger partial charge in [-0.25, -0.2) is 5.10 Å². The Bertz CT molecular complexity index is 570. The number of amides is 1. The van der Waals surface area contributed by atoms with Crippen molar-refractivity contribution < 1.29 is 4.79 Å². The molecule has 0 aliphatic rings. The third-order valence-corrected chi connectivity index (χ3v) is 2.73. The molecule has 19 heavy (non-hydrogen) atoms. The van der Waals surface area contributed by atoms with Crippen LogP contribution in [0.15, 0.2) is 35.4 Å². The maximum Gasteiger partial charge on any atom is 0.274 e. The number of hydrogen-bond acceptors (Lipinski definition) is 4. The first-order valence-electron chi connectivity index (χ1n) is 6.03. The van der Waals surface area contributed by atoms with Crippen LogP contribution in [-0.2, 0) is 6.54 Å². The lowest BCUT2D eigenvalue weighted by Crippen LogP contribution is -2.34. The number of nitrogens with one attached hydrogen (secondary N) is 1. The summed E-state index contributed by atoms with van der Waals surface area (Å²) in [4.78, 5) is 24.7. The molecule has 0 saturated carbocycles. The molecule has 2 aromatic heterocycles. The minimum absolute atomic E-state index is 0.203. The second kappa shape index (κ2) is 5.94. The highest BCUT2D eigenvalue weighted by Gasteiger charge is 2.15. The van der Waals surface area contributed by atoms with Gasteiger partial charge >= 0.3 is 0 Å². The average Bonchev–Trinajstić information content (AvgIpc) is 2.93. The molecule has 0 atom stereocenters. The fourth-order valence-electron chi connectivity index (χ4n) is 1.68. The van der Waals surface area contributed by atoms with Gasteiger partial charge in [-0.15, -0.1) is 0 Å². The lowest BCUT2D eigenvalue weighted by Gasteiger charge is -2.20. The summed E-state index contributed by atoms with van der Waals surface area (Å²) >= 11 is 0. The van der Waals surface area contributed by atoms with Crippen LogP contribution in [0.2, 0.25) is 0 Å². The van der Waals surface area contributed by atoms with Crippen molar-refractivity contribution in [3.63, 3.8) is 0 Å². The maximum atomic E-state index is 12.2. The Balaban J connectivity index is 2.02. The topological polar surface area (TPSA) is 83.9 Å². The van der Waals surface area contributed by atoms with Gasteiger partial charge < -0.3 is 4.90 Å². The standard InChI is InChI=1S/C12H15N5O2/c1-2-16(8-9-17-7-3-6-13-17)12(19)10-4-5-11(18)15-14-10/h3-7H,2,8-9H2,1H3,(H,15,18). The van der Waals surface area contributed by atoms with E-state index in [1.807, 2.05) is 19.2 Å². The molecule has 2 rings (SSSR count). The van der Waals surface area contributed by atoms with Gasteiger partial charge in [-0.3, -0.25) is 14.3 Å². The Labute approximate surface area is 109 Å². The Kier molecular flexibility index (Phi) is 4.07. The van der Waals surface area contributed by atoms with Crippen LogP contribution >= 0.6 is 0 Å². The van der Waals surface area contributed by atoms with Gasteiger partial charge in [0.15, 0.2) is 0 Å². The van der Waals surface area contributed by atoms with Crippen LogP contribution in [-0.4, -0.2) is 43.9 Å². The summed E-state index contributed by atoms with van der Waals surface area (Å²) in [6.45, 7) is 3.63. The van der Waals surface area contributed by atoms with Crippen molar-refractivity contribution in [3.05, 3.63) is 46.6 Å². The fraction of sp³-hybridized carbons (Fsp3) is 0.333. The molecule has 0 unspecified atom stereocenters. The molecule has 0 aliphatic carbocycles. The lowest BCUT2D eigenvalue weighted by molar-refractivity contribution is 0.0750. The SMILES string of the molecule is CCN(CCn1cccn1)C(=O)c1ccc(=O)[nH]n1. The number of aromatic nitrogens is 4. The van der Waals surface area contributed by atoms with Gasteiger partial charge in [0.2, 0.25) is 0 Å². The van der Waals surface area contributed by atoms with E-state index in [0.29, 0.717) is 19.6 Å². The van der Waals surface area contributed by atoms with Gasteiger partial charge in [0, 0.05) is 31.5 Å². The summed E-state index contributed by atoms with van der Waals surface area (Å²) < 4.78 is 1.76. The van der Waals surface area contributed by atoms with Crippen LogP contribution in [0.5, 0.6) is 0 Å². The Morgan fingerprint density at radius 2 is 2.32 bits per heavy atom. The molecule has 2 heterocycles. The van der Waals surface area contributed by atoms with Crippen molar-refractivity contribution >= 4 is 5.91 Å². The van der Waals surface area contributed by atoms with E-state index in [0.717, 1.165) is 0 Å². The summed E-state index contributed by atoms with van der Waals surface area (Å²) in [5.41, 5.74) is -0.0851. The number of hydrogen-bond donors (Lipinski definition) is 1. The third kappa shape index (κ3) is 3.27. The van der Waals surface area contributed by atoms with Crippen LogP contribution in [0.1, 0.15) is 17.4 Å². The number of carbonyl (C=O) groups excluding carboxylic acids is 1. The molecule has 7 nitrogen and oxygen atoms in total. The van der Waals surface area contributed by atoms with E-state index in [2.05, 4.69) is 15.3 Å². The minimum atomic E-state index is -0.323. The average molecular weight is 261 g/mol. The molecule has 1 amide bonds. The number of likely N-dealkylation sites (N-methyl/N-ethyl adjacent to an activating group) is 1. The Morgan fingerprint density at radius 1 is 1.47 bits per heavy atom. The molecule has 0 fully saturated rings. The van der Waals surface area contributed by atoms with Crippen molar-refractivity contribution in [2.75, 3.05) is 13.1 Å². The van der Waals surface area contributed by atoms with E-state index in [9.17, 15) is 9.59 Å². The molecular weight excluding hydrogens is 246 g/mol. The summed E-state index contributed by atoms with van der Waals surface area (Å²) in [5.74, 6) is -0.203. The predicted molar refractivity (Wildman–Crippen MR) is 68.7 cm³/mol. The van der Waals surface area contributed by atoms with Gasteiger partial charge in [0.25, 0.3) is 11.5 Å². The first-order chi connectivity index (χ1) is 9.20. The maximum absolute atomic E-state index is 12.2. The molecule has 0 saturated heterocycles. The monoisotopic (exact) mass is 261 g/mol. The van der Waals surface area contributed by atoms with Gasteiger partial charge in [-0.1, -0.05) is 0 Å². The van der Waals surface area contributed by atoms with Crippen LogP contribution in [0.3, 0.4) is 0 Å². The largest absolute Gasteiger partial charge is 0.336 e. The lowest BCUT2D eigenvalue weighted by atomic mass is 10.3. The highest BCUT2D eigenvalue weighted by Crippen LogP contribution is 2.00. The summed E-state index contributed by atoms with van der Waals surface area (Å²) in [6.07, 6.45) is 3.54. The number of H-pyrrole nitrogens is 1. The minimum Gasteiger partial charge on any atom is -0.336 e. The van der Waals surface area contributed by atoms with E-state index in [1.54, 1.807) is 15.8 Å². The van der Waals surface area contributed by atoms with Gasteiger partial charge in [-0.2, -0.15) is 10.2 Å². The Morgan fingerprint density at radius 3 is 2.89 bits per heavy atom. The normalized spacial score (nSPS) is 10.4. The van der Waals surface area contributed by atoms with Crippen molar-refractivity contribution in [2.45, 2.75) is 13.5 Å². The Hall–Kier alpha value is -2.44. The van der Waals surface area contributed by atoms with E-state index < -0.39 is 0 Å². The first-order valence-corrected chi connectivity index (χ1v) is 6.03. The first kappa shape index (κ1) is 13.0. The number of aromatic amines is 1. The van der Waals surface area contributed by atoms with Crippen LogP contribution in [0.25, 0.3) is 0 Å². The van der Waals surface area contributed by atoms with Gasteiger partial charge in [-0.05, 0) is 19.1 Å². The second-order valence-electron chi connectivity index (χ2n) is 3.96. The molecule has 7 heteroatoms. The van der Waals surface area contributed by atoms with Gasteiger partial charge in [0.05, 0.1) is 6.54 Å². The molecule has 0 aliphatic heterocycles. The van der Waals surface area contributed by atoms with E-state index in [1.165, 1.54) is 12.1 Å². The zero-order valence-electron chi connectivity index (χ0n) is 10.6. The van der Waals surface area contributed by atoms with Gasteiger partial charge in [0.1, 0.15) is 5.69 Å². The fourth-order valence-corrected chi connectivity index (χ4v) is 1.68.